The molecule has 1 unspecified atom stereocenters. The number of amides is 1. The summed E-state index contributed by atoms with van der Waals surface area (Å²) < 4.78 is 10.1. The van der Waals surface area contributed by atoms with Gasteiger partial charge in [-0.05, 0) is 40.5 Å². The third kappa shape index (κ3) is 5.00. The third-order valence-corrected chi connectivity index (χ3v) is 3.05. The minimum atomic E-state index is -0.913. The minimum Gasteiger partial charge on any atom is -0.466 e. The lowest BCUT2D eigenvalue weighted by atomic mass is 10.1. The first-order chi connectivity index (χ1) is 9.24. The van der Waals surface area contributed by atoms with E-state index >= 15 is 0 Å². The SMILES string of the molecule is CCOC(=O)CC(O)[C@@H]1CCCN1C(=O)OC(C)(C)C. The maximum absolute atomic E-state index is 12.1. The molecular weight excluding hydrogens is 262 g/mol. The maximum Gasteiger partial charge on any atom is 0.410 e. The number of ether oxygens (including phenoxy) is 2. The van der Waals surface area contributed by atoms with Gasteiger partial charge in [-0.25, -0.2) is 4.79 Å². The molecule has 6 nitrogen and oxygen atoms in total. The number of nitrogens with zero attached hydrogens (tertiary/aromatic N) is 1. The van der Waals surface area contributed by atoms with E-state index in [0.29, 0.717) is 13.0 Å². The van der Waals surface area contributed by atoms with Crippen molar-refractivity contribution in [3.05, 3.63) is 0 Å². The molecule has 1 amide bonds. The Morgan fingerprint density at radius 3 is 2.60 bits per heavy atom. The molecule has 2 atom stereocenters. The highest BCUT2D eigenvalue weighted by molar-refractivity contribution is 5.71. The van der Waals surface area contributed by atoms with E-state index in [1.54, 1.807) is 27.7 Å². The Bertz CT molecular complexity index is 350. The van der Waals surface area contributed by atoms with Crippen LogP contribution in [-0.4, -0.2) is 53.0 Å². The molecule has 20 heavy (non-hydrogen) atoms. The van der Waals surface area contributed by atoms with Crippen molar-refractivity contribution in [3.8, 4) is 0 Å². The van der Waals surface area contributed by atoms with Gasteiger partial charge in [0.05, 0.1) is 25.2 Å². The Hall–Kier alpha value is -1.30. The van der Waals surface area contributed by atoms with Crippen molar-refractivity contribution in [3.63, 3.8) is 0 Å². The van der Waals surface area contributed by atoms with Crippen LogP contribution in [0.25, 0.3) is 0 Å². The van der Waals surface area contributed by atoms with Gasteiger partial charge < -0.3 is 19.5 Å². The molecule has 6 heteroatoms. The van der Waals surface area contributed by atoms with Gasteiger partial charge in [0, 0.05) is 6.54 Å². The number of likely N-dealkylation sites (tertiary alicyclic amines) is 1. The summed E-state index contributed by atoms with van der Waals surface area (Å²) in [6.07, 6.45) is 0.00786. The molecule has 0 spiro atoms. The molecule has 116 valence electrons. The molecule has 1 N–H and O–H groups in total. The standard InChI is InChI=1S/C14H25NO5/c1-5-19-12(17)9-11(16)10-7-6-8-15(10)13(18)20-14(2,3)4/h10-11,16H,5-9H2,1-4H3/t10-,11?/m0/s1. The van der Waals surface area contributed by atoms with Crippen LogP contribution in [0.3, 0.4) is 0 Å². The van der Waals surface area contributed by atoms with E-state index in [2.05, 4.69) is 0 Å². The fourth-order valence-electron chi connectivity index (χ4n) is 2.27. The molecule has 0 aromatic rings. The Morgan fingerprint density at radius 2 is 2.05 bits per heavy atom. The van der Waals surface area contributed by atoms with Gasteiger partial charge in [-0.3, -0.25) is 4.79 Å². The van der Waals surface area contributed by atoms with Crippen molar-refractivity contribution in [2.45, 2.75) is 64.7 Å². The largest absolute Gasteiger partial charge is 0.466 e. The molecule has 0 aliphatic carbocycles. The van der Waals surface area contributed by atoms with Gasteiger partial charge in [-0.1, -0.05) is 0 Å². The summed E-state index contributed by atoms with van der Waals surface area (Å²) in [5, 5.41) is 10.1. The first kappa shape index (κ1) is 16.8. The monoisotopic (exact) mass is 287 g/mol. The Morgan fingerprint density at radius 1 is 1.40 bits per heavy atom. The summed E-state index contributed by atoms with van der Waals surface area (Å²) in [5.41, 5.74) is -0.573. The highest BCUT2D eigenvalue weighted by atomic mass is 16.6. The van der Waals surface area contributed by atoms with Crippen LogP contribution in [0.15, 0.2) is 0 Å². The summed E-state index contributed by atoms with van der Waals surface area (Å²) in [4.78, 5) is 25.0. The first-order valence-electron chi connectivity index (χ1n) is 7.08. The van der Waals surface area contributed by atoms with Crippen molar-refractivity contribution in [2.24, 2.45) is 0 Å². The van der Waals surface area contributed by atoms with E-state index in [4.69, 9.17) is 9.47 Å². The van der Waals surface area contributed by atoms with E-state index < -0.39 is 23.8 Å². The molecule has 1 rings (SSSR count). The number of rotatable bonds is 4. The Labute approximate surface area is 120 Å². The molecular formula is C14H25NO5. The van der Waals surface area contributed by atoms with Crippen molar-refractivity contribution in [2.75, 3.05) is 13.2 Å². The molecule has 1 heterocycles. The average molecular weight is 287 g/mol. The van der Waals surface area contributed by atoms with E-state index in [1.807, 2.05) is 0 Å². The second-order valence-electron chi connectivity index (χ2n) is 5.96. The molecule has 0 aromatic heterocycles. The van der Waals surface area contributed by atoms with Gasteiger partial charge in [0.25, 0.3) is 0 Å². The van der Waals surface area contributed by atoms with Crippen LogP contribution in [0.2, 0.25) is 0 Å². The third-order valence-electron chi connectivity index (χ3n) is 3.05. The number of carbonyl (C=O) groups excluding carboxylic acids is 2. The van der Waals surface area contributed by atoms with Crippen molar-refractivity contribution in [1.29, 1.82) is 0 Å². The predicted molar refractivity (Wildman–Crippen MR) is 73.2 cm³/mol. The number of hydrogen-bond donors (Lipinski definition) is 1. The summed E-state index contributed by atoms with van der Waals surface area (Å²) in [5.74, 6) is -0.448. The number of hydrogen-bond acceptors (Lipinski definition) is 5. The fourth-order valence-corrected chi connectivity index (χ4v) is 2.27. The van der Waals surface area contributed by atoms with E-state index in [1.165, 1.54) is 4.90 Å². The second kappa shape index (κ2) is 6.92. The highest BCUT2D eigenvalue weighted by Crippen LogP contribution is 2.24. The summed E-state index contributed by atoms with van der Waals surface area (Å²) in [6, 6.07) is -0.380. The van der Waals surface area contributed by atoms with Crippen molar-refractivity contribution < 1.29 is 24.2 Å². The lowest BCUT2D eigenvalue weighted by molar-refractivity contribution is -0.146. The zero-order valence-electron chi connectivity index (χ0n) is 12.7. The number of esters is 1. The molecule has 1 aliphatic heterocycles. The summed E-state index contributed by atoms with van der Waals surface area (Å²) >= 11 is 0. The number of aliphatic hydroxyl groups is 1. The van der Waals surface area contributed by atoms with Crippen LogP contribution in [0.1, 0.15) is 47.0 Å². The molecule has 0 saturated carbocycles. The number of aliphatic hydroxyl groups excluding tert-OH is 1. The highest BCUT2D eigenvalue weighted by Gasteiger charge is 2.37. The van der Waals surface area contributed by atoms with Crippen LogP contribution < -0.4 is 0 Å². The van der Waals surface area contributed by atoms with Gasteiger partial charge in [-0.2, -0.15) is 0 Å². The van der Waals surface area contributed by atoms with Crippen LogP contribution in [-0.2, 0) is 14.3 Å². The molecule has 1 fully saturated rings. The molecule has 0 bridgehead atoms. The van der Waals surface area contributed by atoms with Gasteiger partial charge >= 0.3 is 12.1 Å². The number of carbonyl (C=O) groups is 2. The van der Waals surface area contributed by atoms with Crippen molar-refractivity contribution >= 4 is 12.1 Å². The second-order valence-corrected chi connectivity index (χ2v) is 5.96. The lowest BCUT2D eigenvalue weighted by Crippen LogP contribution is -2.45. The van der Waals surface area contributed by atoms with E-state index in [0.717, 1.165) is 6.42 Å². The smallest absolute Gasteiger partial charge is 0.410 e. The zero-order valence-corrected chi connectivity index (χ0v) is 12.7. The molecule has 0 radical (unpaired) electrons. The summed E-state index contributed by atoms with van der Waals surface area (Å²) in [6.45, 7) is 7.93. The van der Waals surface area contributed by atoms with Gasteiger partial charge in [0.2, 0.25) is 0 Å². The van der Waals surface area contributed by atoms with Gasteiger partial charge in [0.1, 0.15) is 5.60 Å². The van der Waals surface area contributed by atoms with E-state index in [-0.39, 0.29) is 19.1 Å². The zero-order chi connectivity index (χ0) is 15.3. The molecule has 1 aliphatic rings. The lowest BCUT2D eigenvalue weighted by Gasteiger charge is -2.30. The van der Waals surface area contributed by atoms with Crippen LogP contribution in [0.4, 0.5) is 4.79 Å². The summed E-state index contributed by atoms with van der Waals surface area (Å²) in [7, 11) is 0. The predicted octanol–water partition coefficient (Wildman–Crippen LogP) is 1.70. The fraction of sp³-hybridized carbons (Fsp3) is 0.857. The van der Waals surface area contributed by atoms with Crippen LogP contribution in [0.5, 0.6) is 0 Å². The normalized spacial score (nSPS) is 20.6. The van der Waals surface area contributed by atoms with E-state index in [9.17, 15) is 14.7 Å². The van der Waals surface area contributed by atoms with Crippen LogP contribution >= 0.6 is 0 Å². The van der Waals surface area contributed by atoms with Gasteiger partial charge in [-0.15, -0.1) is 0 Å². The first-order valence-corrected chi connectivity index (χ1v) is 7.08. The maximum atomic E-state index is 12.1. The van der Waals surface area contributed by atoms with Crippen molar-refractivity contribution in [1.82, 2.24) is 4.90 Å². The topological polar surface area (TPSA) is 76.1 Å². The minimum absolute atomic E-state index is 0.0994. The Kier molecular flexibility index (Phi) is 5.80. The Balaban J connectivity index is 2.60. The quantitative estimate of drug-likeness (QED) is 0.796. The average Bonchev–Trinajstić information content (AvgIpc) is 2.75. The molecule has 0 aromatic carbocycles. The van der Waals surface area contributed by atoms with Gasteiger partial charge in [0.15, 0.2) is 0 Å². The molecule has 1 saturated heterocycles. The van der Waals surface area contributed by atoms with Crippen LogP contribution in [0, 0.1) is 0 Å².